The van der Waals surface area contributed by atoms with Crippen molar-refractivity contribution in [1.82, 2.24) is 10.6 Å². The Morgan fingerprint density at radius 2 is 1.83 bits per heavy atom. The number of carbonyl (C=O) groups excluding carboxylic acids is 1. The van der Waals surface area contributed by atoms with Crippen LogP contribution in [0.4, 0.5) is 17.6 Å². The van der Waals surface area contributed by atoms with Gasteiger partial charge in [0.15, 0.2) is 0 Å². The van der Waals surface area contributed by atoms with Crippen molar-refractivity contribution >= 4 is 15.7 Å². The van der Waals surface area contributed by atoms with Gasteiger partial charge >= 0.3 is 6.18 Å². The van der Waals surface area contributed by atoms with Crippen molar-refractivity contribution < 1.29 is 30.8 Å². The summed E-state index contributed by atoms with van der Waals surface area (Å²) < 4.78 is 79.4. The van der Waals surface area contributed by atoms with Gasteiger partial charge in [0.1, 0.15) is 0 Å². The van der Waals surface area contributed by atoms with Crippen LogP contribution in [0, 0.1) is 0 Å². The van der Waals surface area contributed by atoms with E-state index in [9.17, 15) is 26.4 Å². The monoisotopic (exact) mass is 436 g/mol. The van der Waals surface area contributed by atoms with Crippen molar-refractivity contribution in [1.29, 1.82) is 0 Å². The summed E-state index contributed by atoms with van der Waals surface area (Å²) in [6.45, 7) is 0.756. The van der Waals surface area contributed by atoms with E-state index in [2.05, 4.69) is 10.6 Å². The Bertz CT molecular complexity index is 843. The van der Waals surface area contributed by atoms with E-state index in [1.54, 1.807) is 0 Å². The predicted octanol–water partition coefficient (Wildman–Crippen LogP) is 3.35. The Hall–Kier alpha value is -1.68. The average molecular weight is 436 g/mol. The Kier molecular flexibility index (Phi) is 6.24. The van der Waals surface area contributed by atoms with Crippen molar-refractivity contribution in [3.63, 3.8) is 0 Å². The molecule has 1 saturated carbocycles. The number of benzene rings is 1. The highest BCUT2D eigenvalue weighted by Gasteiger charge is 2.48. The molecule has 10 heteroatoms. The summed E-state index contributed by atoms with van der Waals surface area (Å²) in [4.78, 5) is 11.6. The van der Waals surface area contributed by atoms with E-state index < -0.39 is 31.5 Å². The molecule has 1 aliphatic carbocycles. The van der Waals surface area contributed by atoms with Crippen molar-refractivity contribution in [2.24, 2.45) is 0 Å². The summed E-state index contributed by atoms with van der Waals surface area (Å²) in [5.41, 5.74) is -1.14. The van der Waals surface area contributed by atoms with Gasteiger partial charge in [-0.1, -0.05) is 12.5 Å². The number of rotatable bonds is 4. The van der Waals surface area contributed by atoms with E-state index in [0.29, 0.717) is 6.07 Å². The number of carbonyl (C=O) groups is 1. The Morgan fingerprint density at radius 1 is 1.14 bits per heavy atom. The first-order valence-electron chi connectivity index (χ1n) is 9.67. The number of sulfone groups is 1. The number of nitrogens with one attached hydrogen (secondary N) is 2. The van der Waals surface area contributed by atoms with Crippen LogP contribution in [0.2, 0.25) is 0 Å². The number of amides is 1. The fourth-order valence-electron chi connectivity index (χ4n) is 3.89. The molecule has 0 unspecified atom stereocenters. The second-order valence-corrected chi connectivity index (χ2v) is 9.91. The van der Waals surface area contributed by atoms with Crippen molar-refractivity contribution in [3.05, 3.63) is 29.8 Å². The molecule has 2 N–H and O–H groups in total. The lowest BCUT2D eigenvalue weighted by atomic mass is 9.93. The highest BCUT2D eigenvalue weighted by Crippen LogP contribution is 2.41. The maximum absolute atomic E-state index is 15.3. The van der Waals surface area contributed by atoms with Crippen LogP contribution in [0.3, 0.4) is 0 Å². The second kappa shape index (κ2) is 8.22. The van der Waals surface area contributed by atoms with E-state index in [1.165, 1.54) is 0 Å². The maximum atomic E-state index is 15.3. The van der Waals surface area contributed by atoms with Crippen LogP contribution in [0.1, 0.15) is 50.5 Å². The lowest BCUT2D eigenvalue weighted by Crippen LogP contribution is -2.51. The zero-order chi connectivity index (χ0) is 21.3. The third-order valence-corrected chi connectivity index (χ3v) is 7.90. The normalized spacial score (nSPS) is 28.7. The molecule has 29 heavy (non-hydrogen) atoms. The molecule has 0 aromatic heterocycles. The quantitative estimate of drug-likeness (QED) is 0.710. The summed E-state index contributed by atoms with van der Waals surface area (Å²) in [6, 6.07) is 2.51. The van der Waals surface area contributed by atoms with Gasteiger partial charge in [0.05, 0.1) is 16.5 Å². The third kappa shape index (κ3) is 4.74. The molecule has 1 aromatic rings. The van der Waals surface area contributed by atoms with E-state index in [-0.39, 0.29) is 43.7 Å². The first kappa shape index (κ1) is 22.0. The molecule has 0 bridgehead atoms. The zero-order valence-corrected chi connectivity index (χ0v) is 16.6. The molecule has 1 atom stereocenters. The van der Waals surface area contributed by atoms with Gasteiger partial charge in [0.25, 0.3) is 0 Å². The first-order valence-corrected chi connectivity index (χ1v) is 11.2. The molecule has 1 amide bonds. The molecule has 5 nitrogen and oxygen atoms in total. The van der Waals surface area contributed by atoms with E-state index in [0.717, 1.165) is 44.0 Å². The van der Waals surface area contributed by atoms with Crippen LogP contribution in [0.25, 0.3) is 0 Å². The predicted molar refractivity (Wildman–Crippen MR) is 98.5 cm³/mol. The van der Waals surface area contributed by atoms with Gasteiger partial charge in [-0.3, -0.25) is 4.79 Å². The molecule has 2 fully saturated rings. The third-order valence-electron chi connectivity index (χ3n) is 5.66. The van der Waals surface area contributed by atoms with Crippen molar-refractivity contribution in [3.8, 4) is 0 Å². The summed E-state index contributed by atoms with van der Waals surface area (Å²) in [6.07, 6.45) is -2.60. The standard InChI is InChI=1S/C19H24F4N2O3S/c20-18(29(27,28)15-5-3-4-13(12-15)19(21,22)23)9-7-14(8-10-18)25-17(26)16-6-1-2-11-24-16/h3-5,12,14,16,24H,1-2,6-11H2,(H,25,26)/t14-,16-,18-/m1/s1. The van der Waals surface area contributed by atoms with Gasteiger partial charge in [-0.15, -0.1) is 0 Å². The molecule has 1 saturated heterocycles. The van der Waals surface area contributed by atoms with Gasteiger partial charge < -0.3 is 10.6 Å². The molecule has 0 radical (unpaired) electrons. The number of alkyl halides is 4. The summed E-state index contributed by atoms with van der Waals surface area (Å²) in [7, 11) is -4.61. The van der Waals surface area contributed by atoms with Crippen LogP contribution < -0.4 is 10.6 Å². The smallest absolute Gasteiger partial charge is 0.352 e. The van der Waals surface area contributed by atoms with Crippen LogP contribution in [-0.2, 0) is 20.8 Å². The largest absolute Gasteiger partial charge is 0.416 e. The maximum Gasteiger partial charge on any atom is 0.416 e. The Morgan fingerprint density at radius 3 is 2.41 bits per heavy atom. The minimum absolute atomic E-state index is 0.104. The van der Waals surface area contributed by atoms with Gasteiger partial charge in [-0.05, 0) is 63.3 Å². The average Bonchev–Trinajstić information content (AvgIpc) is 2.70. The van der Waals surface area contributed by atoms with Gasteiger partial charge in [0, 0.05) is 6.04 Å². The van der Waals surface area contributed by atoms with E-state index in [1.807, 2.05) is 0 Å². The number of halogens is 4. The number of hydrogen-bond donors (Lipinski definition) is 2. The van der Waals surface area contributed by atoms with Gasteiger partial charge in [-0.25, -0.2) is 12.8 Å². The molecular formula is C19H24F4N2O3S. The number of hydrogen-bond acceptors (Lipinski definition) is 4. The minimum atomic E-state index is -4.72. The zero-order valence-electron chi connectivity index (χ0n) is 15.8. The van der Waals surface area contributed by atoms with E-state index in [4.69, 9.17) is 0 Å². The summed E-state index contributed by atoms with van der Waals surface area (Å²) in [5.74, 6) is -0.179. The molecule has 2 aliphatic rings. The number of piperidine rings is 1. The van der Waals surface area contributed by atoms with Crippen LogP contribution >= 0.6 is 0 Å². The Balaban J connectivity index is 1.67. The molecule has 3 rings (SSSR count). The highest BCUT2D eigenvalue weighted by atomic mass is 32.2. The SMILES string of the molecule is O=C(N[C@H]1CC[C@](F)(S(=O)(=O)c2cccc(C(F)(F)F)c2)CC1)[C@H]1CCCCN1. The molecular weight excluding hydrogens is 412 g/mol. The first-order chi connectivity index (χ1) is 13.5. The lowest BCUT2D eigenvalue weighted by molar-refractivity contribution is -0.137. The van der Waals surface area contributed by atoms with E-state index >= 15 is 4.39 Å². The molecule has 1 aromatic carbocycles. The molecule has 162 valence electrons. The summed E-state index contributed by atoms with van der Waals surface area (Å²) >= 11 is 0. The van der Waals surface area contributed by atoms with Crippen LogP contribution in [-0.4, -0.2) is 38.0 Å². The lowest BCUT2D eigenvalue weighted by Gasteiger charge is -2.34. The second-order valence-electron chi connectivity index (χ2n) is 7.70. The molecule has 1 heterocycles. The fraction of sp³-hybridized carbons (Fsp3) is 0.632. The van der Waals surface area contributed by atoms with Gasteiger partial charge in [-0.2, -0.15) is 13.2 Å². The molecule has 0 spiro atoms. The minimum Gasteiger partial charge on any atom is -0.352 e. The van der Waals surface area contributed by atoms with Crippen LogP contribution in [0.15, 0.2) is 29.2 Å². The van der Waals surface area contributed by atoms with Crippen molar-refractivity contribution in [2.75, 3.05) is 6.54 Å². The van der Waals surface area contributed by atoms with Crippen molar-refractivity contribution in [2.45, 2.75) is 73.1 Å². The van der Waals surface area contributed by atoms with Gasteiger partial charge in [0.2, 0.25) is 20.7 Å². The summed E-state index contributed by atoms with van der Waals surface area (Å²) in [5, 5.41) is 3.30. The van der Waals surface area contributed by atoms with Crippen LogP contribution in [0.5, 0.6) is 0 Å². The Labute approximate surface area is 167 Å². The fourth-order valence-corrected chi connectivity index (χ4v) is 5.63. The highest BCUT2D eigenvalue weighted by molar-refractivity contribution is 7.92. The topological polar surface area (TPSA) is 75.3 Å². The molecule has 1 aliphatic heterocycles.